The van der Waals surface area contributed by atoms with E-state index in [-0.39, 0.29) is 0 Å². The Morgan fingerprint density at radius 1 is 1.16 bits per heavy atom. The van der Waals surface area contributed by atoms with Crippen molar-refractivity contribution in [2.75, 3.05) is 46.6 Å². The summed E-state index contributed by atoms with van der Waals surface area (Å²) in [4.78, 5) is 7.28. The van der Waals surface area contributed by atoms with Crippen LogP contribution in [-0.4, -0.2) is 72.2 Å². The monoisotopic (exact) mass is 429 g/mol. The summed E-state index contributed by atoms with van der Waals surface area (Å²) in [7, 11) is 3.69. The van der Waals surface area contributed by atoms with Crippen molar-refractivity contribution in [2.45, 2.75) is 33.0 Å². The maximum atomic E-state index is 5.47. The molecule has 170 valence electrons. The summed E-state index contributed by atoms with van der Waals surface area (Å²) in [5.74, 6) is 2.52. The number of hydrogen-bond donors (Lipinski definition) is 2. The van der Waals surface area contributed by atoms with E-state index in [1.165, 1.54) is 11.1 Å². The lowest BCUT2D eigenvalue weighted by Crippen LogP contribution is -2.38. The summed E-state index contributed by atoms with van der Waals surface area (Å²) in [5, 5.41) is 15.1. The number of morpholine rings is 1. The van der Waals surface area contributed by atoms with E-state index in [2.05, 4.69) is 50.0 Å². The van der Waals surface area contributed by atoms with Crippen LogP contribution >= 0.6 is 0 Å². The first-order valence-corrected chi connectivity index (χ1v) is 10.9. The molecule has 9 heteroatoms. The molecule has 1 aliphatic heterocycles. The van der Waals surface area contributed by atoms with Crippen LogP contribution in [0.5, 0.6) is 0 Å². The number of nitrogens with zero attached hydrogens (tertiary/aromatic N) is 5. The van der Waals surface area contributed by atoms with Crippen LogP contribution in [0.3, 0.4) is 0 Å². The molecular weight excluding hydrogens is 394 g/mol. The molecule has 2 heterocycles. The summed E-state index contributed by atoms with van der Waals surface area (Å²) >= 11 is 0. The minimum Gasteiger partial charge on any atom is -0.385 e. The zero-order valence-electron chi connectivity index (χ0n) is 18.9. The van der Waals surface area contributed by atoms with Gasteiger partial charge in [0.1, 0.15) is 5.82 Å². The third kappa shape index (κ3) is 7.30. The fourth-order valence-electron chi connectivity index (χ4n) is 3.40. The molecule has 9 nitrogen and oxygen atoms in total. The third-order valence-corrected chi connectivity index (χ3v) is 5.44. The summed E-state index contributed by atoms with van der Waals surface area (Å²) in [6, 6.07) is 8.53. The Balaban J connectivity index is 1.65. The Bertz CT molecular complexity index is 831. The predicted molar refractivity (Wildman–Crippen MR) is 121 cm³/mol. The molecule has 0 radical (unpaired) electrons. The van der Waals surface area contributed by atoms with Gasteiger partial charge in [0, 0.05) is 46.9 Å². The van der Waals surface area contributed by atoms with Gasteiger partial charge in [0.15, 0.2) is 11.8 Å². The quantitative estimate of drug-likeness (QED) is 0.334. The maximum absolute atomic E-state index is 5.47. The van der Waals surface area contributed by atoms with Gasteiger partial charge in [-0.05, 0) is 24.5 Å². The molecule has 1 fully saturated rings. The van der Waals surface area contributed by atoms with Gasteiger partial charge in [-0.1, -0.05) is 24.3 Å². The summed E-state index contributed by atoms with van der Waals surface area (Å²) < 4.78 is 12.6. The van der Waals surface area contributed by atoms with E-state index in [9.17, 15) is 0 Å². The van der Waals surface area contributed by atoms with Gasteiger partial charge in [-0.15, -0.1) is 10.2 Å². The van der Waals surface area contributed by atoms with Crippen molar-refractivity contribution >= 4 is 5.96 Å². The highest BCUT2D eigenvalue weighted by Crippen LogP contribution is 2.14. The lowest BCUT2D eigenvalue weighted by Gasteiger charge is -2.27. The highest BCUT2D eigenvalue weighted by Gasteiger charge is 2.13. The molecule has 0 spiro atoms. The summed E-state index contributed by atoms with van der Waals surface area (Å²) in [6.07, 6.45) is 0.911. The minimum atomic E-state index is 0.558. The number of hydrogen-bond acceptors (Lipinski definition) is 6. The molecule has 0 amide bonds. The zero-order chi connectivity index (χ0) is 21.9. The first kappa shape index (κ1) is 23.2. The van der Waals surface area contributed by atoms with Crippen LogP contribution in [0.25, 0.3) is 0 Å². The lowest BCUT2D eigenvalue weighted by molar-refractivity contribution is 0.0341. The highest BCUT2D eigenvalue weighted by atomic mass is 16.5. The Morgan fingerprint density at radius 2 is 1.94 bits per heavy atom. The molecular formula is C22H35N7O2. The number of methoxy groups -OCH3 is 1. The molecule has 2 aromatic rings. The van der Waals surface area contributed by atoms with E-state index in [4.69, 9.17) is 14.5 Å². The molecule has 31 heavy (non-hydrogen) atoms. The van der Waals surface area contributed by atoms with Crippen molar-refractivity contribution in [3.63, 3.8) is 0 Å². The molecule has 1 aliphatic rings. The van der Waals surface area contributed by atoms with Gasteiger partial charge in [-0.25, -0.2) is 4.99 Å². The smallest absolute Gasteiger partial charge is 0.191 e. The number of ether oxygens (including phenoxy) is 2. The van der Waals surface area contributed by atoms with E-state index in [0.29, 0.717) is 19.7 Å². The maximum Gasteiger partial charge on any atom is 0.191 e. The van der Waals surface area contributed by atoms with Gasteiger partial charge >= 0.3 is 0 Å². The molecule has 1 saturated heterocycles. The molecule has 0 bridgehead atoms. The number of nitrogens with one attached hydrogen (secondary N) is 2. The van der Waals surface area contributed by atoms with Gasteiger partial charge in [0.05, 0.1) is 26.3 Å². The minimum absolute atomic E-state index is 0.558. The van der Waals surface area contributed by atoms with Gasteiger partial charge in [0.25, 0.3) is 0 Å². The molecule has 0 aliphatic carbocycles. The molecule has 1 aromatic heterocycles. The van der Waals surface area contributed by atoms with Gasteiger partial charge < -0.3 is 24.7 Å². The van der Waals surface area contributed by atoms with E-state index in [1.807, 2.05) is 18.5 Å². The van der Waals surface area contributed by atoms with Crippen LogP contribution in [0, 0.1) is 6.92 Å². The van der Waals surface area contributed by atoms with Gasteiger partial charge in [0.2, 0.25) is 0 Å². The van der Waals surface area contributed by atoms with Crippen LogP contribution in [-0.2, 0) is 36.2 Å². The summed E-state index contributed by atoms with van der Waals surface area (Å²) in [6.45, 7) is 9.10. The van der Waals surface area contributed by atoms with Crippen LogP contribution in [0.15, 0.2) is 29.3 Å². The van der Waals surface area contributed by atoms with E-state index in [0.717, 1.165) is 63.4 Å². The van der Waals surface area contributed by atoms with Crippen LogP contribution in [0.4, 0.5) is 0 Å². The van der Waals surface area contributed by atoms with E-state index >= 15 is 0 Å². The fourth-order valence-corrected chi connectivity index (χ4v) is 3.40. The SMILES string of the molecule is COCCCNC(=NCc1ccccc1CN1CCOCC1)NCc1nnc(C)n1C. The van der Waals surface area contributed by atoms with E-state index < -0.39 is 0 Å². The van der Waals surface area contributed by atoms with Crippen molar-refractivity contribution in [1.82, 2.24) is 30.3 Å². The highest BCUT2D eigenvalue weighted by molar-refractivity contribution is 5.79. The second-order valence-corrected chi connectivity index (χ2v) is 7.67. The Labute approximate surface area is 184 Å². The number of aryl methyl sites for hydroxylation is 1. The first-order valence-electron chi connectivity index (χ1n) is 10.9. The Kier molecular flexibility index (Phi) is 9.26. The first-order chi connectivity index (χ1) is 15.2. The average Bonchev–Trinajstić information content (AvgIpc) is 3.12. The zero-order valence-corrected chi connectivity index (χ0v) is 18.9. The second kappa shape index (κ2) is 12.4. The second-order valence-electron chi connectivity index (χ2n) is 7.67. The standard InChI is InChI=1S/C22H35N7O2/c1-18-26-27-21(28(18)2)16-25-22(23-9-6-12-30-3)24-15-19-7-4-5-8-20(19)17-29-10-13-31-14-11-29/h4-5,7-8H,6,9-17H2,1-3H3,(H2,23,24,25). The van der Waals surface area contributed by atoms with Crippen molar-refractivity contribution in [2.24, 2.45) is 12.0 Å². The third-order valence-electron chi connectivity index (χ3n) is 5.44. The normalized spacial score (nSPS) is 15.3. The number of aromatic nitrogens is 3. The van der Waals surface area contributed by atoms with E-state index in [1.54, 1.807) is 7.11 Å². The molecule has 0 saturated carbocycles. The van der Waals surface area contributed by atoms with Crippen LogP contribution in [0.1, 0.15) is 29.2 Å². The Morgan fingerprint density at radius 3 is 2.65 bits per heavy atom. The predicted octanol–water partition coefficient (Wildman–Crippen LogP) is 1.23. The van der Waals surface area contributed by atoms with Gasteiger partial charge in [-0.3, -0.25) is 4.90 Å². The molecule has 3 rings (SSSR count). The fraction of sp³-hybridized carbons (Fsp3) is 0.591. The van der Waals surface area contributed by atoms with Crippen LogP contribution < -0.4 is 10.6 Å². The molecule has 2 N–H and O–H groups in total. The largest absolute Gasteiger partial charge is 0.385 e. The average molecular weight is 430 g/mol. The van der Waals surface area contributed by atoms with Crippen molar-refractivity contribution in [3.05, 3.63) is 47.0 Å². The number of aliphatic imine (C=N–C) groups is 1. The summed E-state index contributed by atoms with van der Waals surface area (Å²) in [5.41, 5.74) is 2.55. The number of rotatable bonds is 10. The topological polar surface area (TPSA) is 88.8 Å². The van der Waals surface area contributed by atoms with Crippen LogP contribution in [0.2, 0.25) is 0 Å². The van der Waals surface area contributed by atoms with Gasteiger partial charge in [-0.2, -0.15) is 0 Å². The van der Waals surface area contributed by atoms with Crippen molar-refractivity contribution in [3.8, 4) is 0 Å². The number of benzene rings is 1. The number of guanidine groups is 1. The van der Waals surface area contributed by atoms with Crippen molar-refractivity contribution < 1.29 is 9.47 Å². The molecule has 0 atom stereocenters. The lowest BCUT2D eigenvalue weighted by atomic mass is 10.1. The molecule has 1 aromatic carbocycles. The van der Waals surface area contributed by atoms with Crippen molar-refractivity contribution in [1.29, 1.82) is 0 Å². The molecule has 0 unspecified atom stereocenters. The Hall–Kier alpha value is -2.49.